The third-order valence-electron chi connectivity index (χ3n) is 1.91. The molecule has 0 saturated carbocycles. The standard InChI is InChI=1S/C9H10Cl2N2O2S2/c1-5(9(12)16)13-17(14,15)8-3-6(10)2-7(11)4-8/h2-5,13H,1H3,(H2,12,16). The molecule has 0 heterocycles. The van der Waals surface area contributed by atoms with Gasteiger partial charge in [0.05, 0.1) is 15.9 Å². The number of benzene rings is 1. The van der Waals surface area contributed by atoms with E-state index in [9.17, 15) is 8.42 Å². The first-order chi connectivity index (χ1) is 7.72. The van der Waals surface area contributed by atoms with E-state index in [-0.39, 0.29) is 19.9 Å². The quantitative estimate of drug-likeness (QED) is 0.833. The van der Waals surface area contributed by atoms with Gasteiger partial charge in [-0.2, -0.15) is 0 Å². The second kappa shape index (κ2) is 5.49. The van der Waals surface area contributed by atoms with Crippen LogP contribution in [0.3, 0.4) is 0 Å². The van der Waals surface area contributed by atoms with E-state index < -0.39 is 16.1 Å². The third-order valence-corrected chi connectivity index (χ3v) is 4.22. The summed E-state index contributed by atoms with van der Waals surface area (Å²) in [5.74, 6) is 0. The number of hydrogen-bond acceptors (Lipinski definition) is 3. The van der Waals surface area contributed by atoms with Gasteiger partial charge in [-0.25, -0.2) is 13.1 Å². The first-order valence-corrected chi connectivity index (χ1v) is 7.15. The predicted octanol–water partition coefficient (Wildman–Crippen LogP) is 1.95. The van der Waals surface area contributed by atoms with Crippen molar-refractivity contribution in [2.24, 2.45) is 5.73 Å². The van der Waals surface area contributed by atoms with Crippen LogP contribution in [0.1, 0.15) is 6.92 Å². The summed E-state index contributed by atoms with van der Waals surface area (Å²) in [6.45, 7) is 1.55. The Morgan fingerprint density at radius 2 is 1.82 bits per heavy atom. The summed E-state index contributed by atoms with van der Waals surface area (Å²) in [6, 6.07) is 3.39. The molecular weight excluding hydrogens is 303 g/mol. The number of sulfonamides is 1. The molecular formula is C9H10Cl2N2O2S2. The number of thiocarbonyl (C=S) groups is 1. The van der Waals surface area contributed by atoms with Gasteiger partial charge in [0.25, 0.3) is 0 Å². The molecule has 17 heavy (non-hydrogen) atoms. The summed E-state index contributed by atoms with van der Waals surface area (Å²) in [7, 11) is -3.74. The predicted molar refractivity (Wildman–Crippen MR) is 73.0 cm³/mol. The van der Waals surface area contributed by atoms with Gasteiger partial charge in [-0.1, -0.05) is 35.4 Å². The highest BCUT2D eigenvalue weighted by molar-refractivity contribution is 7.89. The summed E-state index contributed by atoms with van der Waals surface area (Å²) in [4.78, 5) is 0.0276. The maximum absolute atomic E-state index is 11.9. The molecule has 0 amide bonds. The molecule has 3 N–H and O–H groups in total. The molecule has 0 saturated heterocycles. The number of rotatable bonds is 4. The average Bonchev–Trinajstić information content (AvgIpc) is 2.15. The SMILES string of the molecule is CC(NS(=O)(=O)c1cc(Cl)cc(Cl)c1)C(N)=S. The Bertz CT molecular complexity index is 526. The fourth-order valence-corrected chi connectivity index (χ4v) is 3.12. The Morgan fingerprint density at radius 1 is 1.35 bits per heavy atom. The van der Waals surface area contributed by atoms with E-state index in [0.29, 0.717) is 0 Å². The van der Waals surface area contributed by atoms with Crippen molar-refractivity contribution >= 4 is 50.4 Å². The van der Waals surface area contributed by atoms with Crippen molar-refractivity contribution in [2.45, 2.75) is 17.9 Å². The lowest BCUT2D eigenvalue weighted by molar-refractivity contribution is 0.579. The van der Waals surface area contributed by atoms with E-state index in [1.54, 1.807) is 6.92 Å². The highest BCUT2D eigenvalue weighted by Crippen LogP contribution is 2.22. The molecule has 0 aliphatic heterocycles. The summed E-state index contributed by atoms with van der Waals surface area (Å²) in [6.07, 6.45) is 0. The first kappa shape index (κ1) is 14.7. The van der Waals surface area contributed by atoms with Crippen molar-refractivity contribution in [3.8, 4) is 0 Å². The van der Waals surface area contributed by atoms with Crippen molar-refractivity contribution < 1.29 is 8.42 Å². The fourth-order valence-electron chi connectivity index (χ4n) is 1.04. The Morgan fingerprint density at radius 3 is 2.24 bits per heavy atom. The van der Waals surface area contributed by atoms with E-state index in [4.69, 9.17) is 28.9 Å². The van der Waals surface area contributed by atoms with Crippen LogP contribution >= 0.6 is 35.4 Å². The third kappa shape index (κ3) is 4.08. The second-order valence-corrected chi connectivity index (χ2v) is 6.41. The van der Waals surface area contributed by atoms with Crippen LogP contribution in [-0.2, 0) is 10.0 Å². The van der Waals surface area contributed by atoms with E-state index in [1.165, 1.54) is 18.2 Å². The number of hydrogen-bond donors (Lipinski definition) is 2. The van der Waals surface area contributed by atoms with Gasteiger partial charge in [-0.05, 0) is 25.1 Å². The number of halogens is 2. The Balaban J connectivity index is 3.09. The normalized spacial score (nSPS) is 13.4. The summed E-state index contributed by atoms with van der Waals surface area (Å²) < 4.78 is 26.1. The van der Waals surface area contributed by atoms with Crippen molar-refractivity contribution in [2.75, 3.05) is 0 Å². The summed E-state index contributed by atoms with van der Waals surface area (Å²) in [5.41, 5.74) is 5.33. The zero-order valence-corrected chi connectivity index (χ0v) is 11.9. The van der Waals surface area contributed by atoms with Gasteiger partial charge in [0.2, 0.25) is 10.0 Å². The number of nitrogens with two attached hydrogens (primary N) is 1. The molecule has 0 aromatic heterocycles. The van der Waals surface area contributed by atoms with E-state index in [2.05, 4.69) is 16.9 Å². The molecule has 1 rings (SSSR count). The zero-order chi connectivity index (χ0) is 13.2. The monoisotopic (exact) mass is 312 g/mol. The first-order valence-electron chi connectivity index (χ1n) is 4.50. The molecule has 0 bridgehead atoms. The lowest BCUT2D eigenvalue weighted by Crippen LogP contribution is -2.41. The molecule has 1 aromatic carbocycles. The topological polar surface area (TPSA) is 72.2 Å². The van der Waals surface area contributed by atoms with Gasteiger partial charge in [0.1, 0.15) is 0 Å². The molecule has 0 aliphatic carbocycles. The van der Waals surface area contributed by atoms with Crippen LogP contribution in [0.25, 0.3) is 0 Å². The lowest BCUT2D eigenvalue weighted by Gasteiger charge is -2.13. The van der Waals surface area contributed by atoms with Gasteiger partial charge < -0.3 is 5.73 Å². The van der Waals surface area contributed by atoms with Gasteiger partial charge in [-0.3, -0.25) is 0 Å². The minimum absolute atomic E-state index is 0.0295. The fraction of sp³-hybridized carbons (Fsp3) is 0.222. The maximum Gasteiger partial charge on any atom is 0.241 e. The van der Waals surface area contributed by atoms with Gasteiger partial charge in [0.15, 0.2) is 0 Å². The molecule has 1 unspecified atom stereocenters. The molecule has 0 fully saturated rings. The smallest absolute Gasteiger partial charge is 0.241 e. The maximum atomic E-state index is 11.9. The van der Waals surface area contributed by atoms with E-state index in [1.807, 2.05) is 0 Å². The van der Waals surface area contributed by atoms with Crippen molar-refractivity contribution in [3.63, 3.8) is 0 Å². The molecule has 1 atom stereocenters. The lowest BCUT2D eigenvalue weighted by atomic mass is 10.4. The Hall–Kier alpha value is -0.400. The van der Waals surface area contributed by atoms with Crippen molar-refractivity contribution in [3.05, 3.63) is 28.2 Å². The van der Waals surface area contributed by atoms with E-state index in [0.717, 1.165) is 0 Å². The molecule has 94 valence electrons. The number of nitrogens with one attached hydrogen (secondary N) is 1. The van der Waals surface area contributed by atoms with Gasteiger partial charge in [-0.15, -0.1) is 0 Å². The molecule has 0 spiro atoms. The van der Waals surface area contributed by atoms with Crippen LogP contribution in [0, 0.1) is 0 Å². The zero-order valence-electron chi connectivity index (χ0n) is 8.78. The minimum atomic E-state index is -3.74. The van der Waals surface area contributed by atoms with Gasteiger partial charge in [0, 0.05) is 10.0 Å². The van der Waals surface area contributed by atoms with Crippen LogP contribution in [-0.4, -0.2) is 19.4 Å². The van der Waals surface area contributed by atoms with Gasteiger partial charge >= 0.3 is 0 Å². The molecule has 8 heteroatoms. The molecule has 0 radical (unpaired) electrons. The van der Waals surface area contributed by atoms with Crippen LogP contribution < -0.4 is 10.5 Å². The van der Waals surface area contributed by atoms with Crippen molar-refractivity contribution in [1.82, 2.24) is 4.72 Å². The average molecular weight is 313 g/mol. The summed E-state index contributed by atoms with van der Waals surface area (Å²) in [5, 5.41) is 0.474. The van der Waals surface area contributed by atoms with Crippen molar-refractivity contribution in [1.29, 1.82) is 0 Å². The van der Waals surface area contributed by atoms with Crippen LogP contribution in [0.2, 0.25) is 10.0 Å². The molecule has 0 aliphatic rings. The van der Waals surface area contributed by atoms with Crippen LogP contribution in [0.15, 0.2) is 23.1 Å². The molecule has 1 aromatic rings. The largest absolute Gasteiger partial charge is 0.392 e. The summed E-state index contributed by atoms with van der Waals surface area (Å²) >= 11 is 16.1. The van der Waals surface area contributed by atoms with E-state index >= 15 is 0 Å². The molecule has 4 nitrogen and oxygen atoms in total. The minimum Gasteiger partial charge on any atom is -0.392 e. The van der Waals surface area contributed by atoms with Crippen LogP contribution in [0.5, 0.6) is 0 Å². The Labute approximate surface area is 115 Å². The van der Waals surface area contributed by atoms with Crippen LogP contribution in [0.4, 0.5) is 0 Å². The highest BCUT2D eigenvalue weighted by atomic mass is 35.5. The Kier molecular flexibility index (Phi) is 4.74. The second-order valence-electron chi connectivity index (χ2n) is 3.35. The highest BCUT2D eigenvalue weighted by Gasteiger charge is 2.19.